The first-order chi connectivity index (χ1) is 19.0. The van der Waals surface area contributed by atoms with E-state index in [9.17, 15) is 36.7 Å². The van der Waals surface area contributed by atoms with Gasteiger partial charge in [-0.25, -0.2) is 4.39 Å². The standard InChI is InChI=1S/C29H30ClF4N3O4/c1-16(2)22(35-23(38)20-15-18(29(32,33)34)8-9-21(20)31)24(39)37-12-10-28(11-13-37)26(41)36(4)25(40)27(28,3)17-6-5-7-19(30)14-17/h5-9,14-16,22H,10-13H2,1-4H3,(H,35,38)/t22-,27?/m1/s1. The van der Waals surface area contributed by atoms with Crippen LogP contribution in [0.25, 0.3) is 0 Å². The summed E-state index contributed by atoms with van der Waals surface area (Å²) in [4.78, 5) is 55.9. The summed E-state index contributed by atoms with van der Waals surface area (Å²) in [6.45, 7) is 5.15. The molecule has 2 heterocycles. The Kier molecular flexibility index (Phi) is 7.99. The van der Waals surface area contributed by atoms with Gasteiger partial charge >= 0.3 is 6.18 Å². The Morgan fingerprint density at radius 1 is 1.02 bits per heavy atom. The van der Waals surface area contributed by atoms with E-state index in [4.69, 9.17) is 11.6 Å². The van der Waals surface area contributed by atoms with Crippen LogP contribution in [-0.4, -0.2) is 59.6 Å². The van der Waals surface area contributed by atoms with Gasteiger partial charge in [0.25, 0.3) is 5.91 Å². The van der Waals surface area contributed by atoms with E-state index in [1.165, 1.54) is 11.9 Å². The van der Waals surface area contributed by atoms with Gasteiger partial charge in [0, 0.05) is 25.2 Å². The third-order valence-electron chi connectivity index (χ3n) is 8.49. The highest BCUT2D eigenvalue weighted by molar-refractivity contribution is 6.30. The van der Waals surface area contributed by atoms with Gasteiger partial charge in [0.2, 0.25) is 17.7 Å². The number of nitrogens with zero attached hydrogens (tertiary/aromatic N) is 2. The average Bonchev–Trinajstić information content (AvgIpc) is 3.05. The number of alkyl halides is 3. The molecule has 2 aromatic carbocycles. The number of likely N-dealkylation sites (tertiary alicyclic amines) is 2. The number of nitrogens with one attached hydrogen (secondary N) is 1. The zero-order chi connectivity index (χ0) is 30.5. The Morgan fingerprint density at radius 2 is 1.66 bits per heavy atom. The van der Waals surface area contributed by atoms with E-state index in [0.29, 0.717) is 28.8 Å². The number of hydrogen-bond acceptors (Lipinski definition) is 4. The molecule has 2 aliphatic rings. The van der Waals surface area contributed by atoms with Crippen molar-refractivity contribution < 1.29 is 36.7 Å². The second kappa shape index (κ2) is 10.7. The van der Waals surface area contributed by atoms with Crippen LogP contribution >= 0.6 is 11.6 Å². The number of carbonyl (C=O) groups is 4. The van der Waals surface area contributed by atoms with Crippen LogP contribution in [0.1, 0.15) is 55.1 Å². The Bertz CT molecular complexity index is 1400. The SMILES string of the molecule is CC(C)[C@@H](NC(=O)c1cc(C(F)(F)F)ccc1F)C(=O)N1CCC2(CC1)C(=O)N(C)C(=O)C2(C)c1cccc(Cl)c1. The van der Waals surface area contributed by atoms with Gasteiger partial charge in [-0.1, -0.05) is 37.6 Å². The van der Waals surface area contributed by atoms with E-state index in [0.717, 1.165) is 4.90 Å². The smallest absolute Gasteiger partial charge is 0.341 e. The molecule has 220 valence electrons. The predicted molar refractivity (Wildman–Crippen MR) is 142 cm³/mol. The van der Waals surface area contributed by atoms with E-state index in [1.807, 2.05) is 0 Å². The van der Waals surface area contributed by atoms with Crippen molar-refractivity contribution in [1.82, 2.24) is 15.1 Å². The quantitative estimate of drug-likeness (QED) is 0.397. The van der Waals surface area contributed by atoms with E-state index < -0.39 is 57.7 Å². The van der Waals surface area contributed by atoms with Crippen molar-refractivity contribution >= 4 is 35.2 Å². The predicted octanol–water partition coefficient (Wildman–Crippen LogP) is 4.82. The van der Waals surface area contributed by atoms with E-state index in [2.05, 4.69) is 5.32 Å². The molecule has 2 saturated heterocycles. The Morgan fingerprint density at radius 3 is 2.22 bits per heavy atom. The van der Waals surface area contributed by atoms with E-state index >= 15 is 0 Å². The highest BCUT2D eigenvalue weighted by atomic mass is 35.5. The van der Waals surface area contributed by atoms with Crippen molar-refractivity contribution in [3.8, 4) is 0 Å². The summed E-state index contributed by atoms with van der Waals surface area (Å²) in [5.74, 6) is -4.05. The minimum Gasteiger partial charge on any atom is -0.341 e. The van der Waals surface area contributed by atoms with Crippen molar-refractivity contribution in [2.75, 3.05) is 20.1 Å². The molecule has 0 radical (unpaired) electrons. The molecule has 0 aliphatic carbocycles. The third kappa shape index (κ3) is 5.09. The highest BCUT2D eigenvalue weighted by Gasteiger charge is 2.67. The fraction of sp³-hybridized carbons (Fsp3) is 0.448. The summed E-state index contributed by atoms with van der Waals surface area (Å²) < 4.78 is 53.7. The summed E-state index contributed by atoms with van der Waals surface area (Å²) in [5.41, 5.74) is -3.81. The molecular weight excluding hydrogens is 566 g/mol. The third-order valence-corrected chi connectivity index (χ3v) is 8.73. The number of imide groups is 1. The van der Waals surface area contributed by atoms with Crippen LogP contribution in [0.2, 0.25) is 5.02 Å². The van der Waals surface area contributed by atoms with Crippen LogP contribution in [0.5, 0.6) is 0 Å². The number of benzene rings is 2. The van der Waals surface area contributed by atoms with Crippen molar-refractivity contribution in [2.24, 2.45) is 11.3 Å². The van der Waals surface area contributed by atoms with Crippen LogP contribution in [0.3, 0.4) is 0 Å². The molecule has 41 heavy (non-hydrogen) atoms. The van der Waals surface area contributed by atoms with Gasteiger partial charge in [0.1, 0.15) is 11.9 Å². The molecule has 1 N–H and O–H groups in total. The van der Waals surface area contributed by atoms with Crippen molar-refractivity contribution in [3.05, 3.63) is 70.0 Å². The van der Waals surface area contributed by atoms with E-state index in [-0.39, 0.29) is 37.7 Å². The number of amides is 4. The first-order valence-electron chi connectivity index (χ1n) is 13.1. The lowest BCUT2D eigenvalue weighted by atomic mass is 9.58. The summed E-state index contributed by atoms with van der Waals surface area (Å²) in [5, 5.41) is 2.81. The molecule has 0 aromatic heterocycles. The Hall–Kier alpha value is -3.47. The molecule has 1 spiro atoms. The molecule has 2 aromatic rings. The van der Waals surface area contributed by atoms with Gasteiger partial charge in [-0.3, -0.25) is 24.1 Å². The number of rotatable bonds is 5. The van der Waals surface area contributed by atoms with Crippen LogP contribution in [0.15, 0.2) is 42.5 Å². The lowest BCUT2D eigenvalue weighted by Gasteiger charge is -2.46. The topological polar surface area (TPSA) is 86.8 Å². The Balaban J connectivity index is 1.57. The fourth-order valence-electron chi connectivity index (χ4n) is 5.99. The minimum absolute atomic E-state index is 0.0822. The molecule has 4 rings (SSSR count). The van der Waals surface area contributed by atoms with E-state index in [1.54, 1.807) is 45.0 Å². The molecule has 0 bridgehead atoms. The lowest BCUT2D eigenvalue weighted by molar-refractivity contribution is -0.145. The Labute approximate surface area is 239 Å². The van der Waals surface area contributed by atoms with Crippen LogP contribution in [0.4, 0.5) is 17.6 Å². The molecule has 1 unspecified atom stereocenters. The molecule has 2 atom stereocenters. The second-order valence-corrected chi connectivity index (χ2v) is 11.5. The van der Waals surface area contributed by atoms with Crippen molar-refractivity contribution in [1.29, 1.82) is 0 Å². The maximum atomic E-state index is 14.3. The van der Waals surface area contributed by atoms with Crippen molar-refractivity contribution in [3.63, 3.8) is 0 Å². The van der Waals surface area contributed by atoms with Crippen LogP contribution in [0, 0.1) is 17.2 Å². The van der Waals surface area contributed by atoms with Crippen LogP contribution < -0.4 is 5.32 Å². The first kappa shape index (κ1) is 30.5. The number of carbonyl (C=O) groups excluding carboxylic acids is 4. The molecule has 2 aliphatic heterocycles. The van der Waals surface area contributed by atoms with Gasteiger partial charge < -0.3 is 10.2 Å². The molecule has 0 saturated carbocycles. The average molecular weight is 596 g/mol. The van der Waals surface area contributed by atoms with Gasteiger partial charge in [0.05, 0.1) is 22.0 Å². The largest absolute Gasteiger partial charge is 0.416 e. The van der Waals surface area contributed by atoms with Crippen LogP contribution in [-0.2, 0) is 26.0 Å². The number of hydrogen-bond donors (Lipinski definition) is 1. The highest BCUT2D eigenvalue weighted by Crippen LogP contribution is 2.55. The maximum absolute atomic E-state index is 14.3. The maximum Gasteiger partial charge on any atom is 0.416 e. The molecular formula is C29H30ClF4N3O4. The fourth-order valence-corrected chi connectivity index (χ4v) is 6.18. The zero-order valence-corrected chi connectivity index (χ0v) is 23.7. The zero-order valence-electron chi connectivity index (χ0n) is 22.9. The van der Waals surface area contributed by atoms with Gasteiger partial charge in [0.15, 0.2) is 0 Å². The minimum atomic E-state index is -4.79. The molecule has 7 nitrogen and oxygen atoms in total. The first-order valence-corrected chi connectivity index (χ1v) is 13.5. The van der Waals surface area contributed by atoms with Gasteiger partial charge in [-0.05, 0) is 61.6 Å². The van der Waals surface area contributed by atoms with Crippen molar-refractivity contribution in [2.45, 2.75) is 51.2 Å². The molecule has 4 amide bonds. The summed E-state index contributed by atoms with van der Waals surface area (Å²) in [6.07, 6.45) is -4.48. The van der Waals surface area contributed by atoms with Gasteiger partial charge in [-0.2, -0.15) is 13.2 Å². The summed E-state index contributed by atoms with van der Waals surface area (Å²) >= 11 is 6.21. The number of halogens is 5. The molecule has 2 fully saturated rings. The summed E-state index contributed by atoms with van der Waals surface area (Å²) in [7, 11) is 1.43. The normalized spacial score (nSPS) is 21.5. The molecule has 12 heteroatoms. The summed E-state index contributed by atoms with van der Waals surface area (Å²) in [6, 6.07) is 7.09. The van der Waals surface area contributed by atoms with Gasteiger partial charge in [-0.15, -0.1) is 0 Å². The number of piperidine rings is 1. The number of likely N-dealkylation sites (N-methyl/N-ethyl adjacent to an activating group) is 1. The lowest BCUT2D eigenvalue weighted by Crippen LogP contribution is -2.57. The second-order valence-electron chi connectivity index (χ2n) is 11.1. The monoisotopic (exact) mass is 595 g/mol.